The summed E-state index contributed by atoms with van der Waals surface area (Å²) in [6.07, 6.45) is 0. The highest BCUT2D eigenvalue weighted by Crippen LogP contribution is 1.78. The molecule has 0 rings (SSSR count). The molecule has 0 aromatic carbocycles. The van der Waals surface area contributed by atoms with Crippen LogP contribution in [0.2, 0.25) is 0 Å². The lowest BCUT2D eigenvalue weighted by Gasteiger charge is -2.09. The lowest BCUT2D eigenvalue weighted by atomic mass is 10.6. The van der Waals surface area contributed by atoms with Crippen molar-refractivity contribution < 1.29 is 9.59 Å². The molecule has 0 aliphatic rings. The van der Waals surface area contributed by atoms with Crippen molar-refractivity contribution in [3.8, 4) is 0 Å². The van der Waals surface area contributed by atoms with E-state index in [-0.39, 0.29) is 26.7 Å². The van der Waals surface area contributed by atoms with Crippen LogP contribution >= 0.6 is 0 Å². The summed E-state index contributed by atoms with van der Waals surface area (Å²) in [6.45, 7) is 9.04. The Morgan fingerprint density at radius 1 is 0.947 bits per heavy atom. The van der Waals surface area contributed by atoms with Gasteiger partial charge in [0.05, 0.1) is 0 Å². The van der Waals surface area contributed by atoms with E-state index in [4.69, 9.17) is 0 Å². The van der Waals surface area contributed by atoms with Crippen molar-refractivity contribution in [1.82, 2.24) is 15.1 Å². The summed E-state index contributed by atoms with van der Waals surface area (Å²) in [4.78, 5) is 23.8. The molecule has 5 nitrogen and oxygen atoms in total. The number of carbonyl (C=O) groups is 2. The fraction of sp³-hybridized carbons (Fsp3) is 0.857. The maximum Gasteiger partial charge on any atom is 0.219 e. The lowest BCUT2D eigenvalue weighted by molar-refractivity contribution is -0.127. The Hall–Kier alpha value is -1.10. The minimum Gasteiger partial charge on any atom is -0.359 e. The quantitative estimate of drug-likeness (QED) is 0.842. The van der Waals surface area contributed by atoms with Gasteiger partial charge in [0.1, 0.15) is 0 Å². The average Bonchev–Trinajstić information content (AvgIpc) is 2.29. The van der Waals surface area contributed by atoms with Gasteiger partial charge in [-0.3, -0.25) is 9.59 Å². The van der Waals surface area contributed by atoms with Gasteiger partial charge < -0.3 is 15.1 Å². The fourth-order valence-electron chi connectivity index (χ4n) is 0.223. The Balaban J connectivity index is -0.0000000500. The third-order valence-electron chi connectivity index (χ3n) is 2.00. The molecule has 120 valence electrons. The van der Waals surface area contributed by atoms with E-state index in [9.17, 15) is 9.59 Å². The van der Waals surface area contributed by atoms with Crippen LogP contribution in [-0.4, -0.2) is 62.9 Å². The normalized spacial score (nSPS) is 7.42. The first-order chi connectivity index (χ1) is 7.72. The van der Waals surface area contributed by atoms with E-state index >= 15 is 0 Å². The zero-order valence-electron chi connectivity index (χ0n) is 12.6. The van der Waals surface area contributed by atoms with Gasteiger partial charge in [-0.15, -0.1) is 0 Å². The lowest BCUT2D eigenvalue weighted by Crippen LogP contribution is -2.22. The van der Waals surface area contributed by atoms with Crippen LogP contribution in [0.3, 0.4) is 0 Å². The van der Waals surface area contributed by atoms with Gasteiger partial charge in [-0.2, -0.15) is 0 Å². The second-order valence-corrected chi connectivity index (χ2v) is 3.74. The molecule has 0 unspecified atom stereocenters. The Labute approximate surface area is 121 Å². The topological polar surface area (TPSA) is 52.6 Å². The molecular weight excluding hydrogens is 242 g/mol. The van der Waals surface area contributed by atoms with E-state index in [1.165, 1.54) is 6.92 Å². The zero-order valence-corrected chi connectivity index (χ0v) is 12.6. The number of amides is 2. The van der Waals surface area contributed by atoms with Gasteiger partial charge in [0.25, 0.3) is 0 Å². The second-order valence-electron chi connectivity index (χ2n) is 3.74. The molecule has 0 fully saturated rings. The highest BCUT2D eigenvalue weighted by Gasteiger charge is 1.93. The molecule has 0 radical (unpaired) electrons. The van der Waals surface area contributed by atoms with Gasteiger partial charge in [0, 0.05) is 34.5 Å². The van der Waals surface area contributed by atoms with Gasteiger partial charge in [0.2, 0.25) is 11.8 Å². The van der Waals surface area contributed by atoms with Crippen molar-refractivity contribution in [2.24, 2.45) is 0 Å². The summed E-state index contributed by atoms with van der Waals surface area (Å²) in [7, 11) is 7.49. The van der Waals surface area contributed by atoms with E-state index in [2.05, 4.69) is 31.2 Å². The van der Waals surface area contributed by atoms with Crippen LogP contribution in [0.15, 0.2) is 0 Å². The van der Waals surface area contributed by atoms with Gasteiger partial charge in [-0.1, -0.05) is 21.8 Å². The minimum atomic E-state index is 0. The van der Waals surface area contributed by atoms with Crippen LogP contribution in [0.1, 0.15) is 42.5 Å². The molecule has 0 saturated heterocycles. The van der Waals surface area contributed by atoms with Gasteiger partial charge in [0.15, 0.2) is 0 Å². The molecule has 0 aromatic rings. The molecule has 5 heteroatoms. The number of rotatable bonds is 2. The van der Waals surface area contributed by atoms with E-state index in [1.807, 2.05) is 6.92 Å². The molecule has 2 amide bonds. The maximum atomic E-state index is 10.3. The first-order valence-electron chi connectivity index (χ1n) is 5.77. The number of hydrogen-bond acceptors (Lipinski definition) is 3. The first-order valence-corrected chi connectivity index (χ1v) is 5.77. The predicted molar refractivity (Wildman–Crippen MR) is 86.4 cm³/mol. The molecule has 19 heavy (non-hydrogen) atoms. The smallest absolute Gasteiger partial charge is 0.219 e. The van der Waals surface area contributed by atoms with Crippen molar-refractivity contribution in [3.05, 3.63) is 0 Å². The monoisotopic (exact) mass is 279 g/mol. The highest BCUT2D eigenvalue weighted by molar-refractivity contribution is 5.72. The number of carbonyl (C=O) groups excluding carboxylic acids is 2. The molecule has 0 saturated carbocycles. The van der Waals surface area contributed by atoms with Crippen molar-refractivity contribution in [2.75, 3.05) is 41.3 Å². The van der Waals surface area contributed by atoms with Gasteiger partial charge in [-0.25, -0.2) is 0 Å². The largest absolute Gasteiger partial charge is 0.359 e. The van der Waals surface area contributed by atoms with Crippen LogP contribution in [0, 0.1) is 0 Å². The third-order valence-corrected chi connectivity index (χ3v) is 2.00. The van der Waals surface area contributed by atoms with Crippen molar-refractivity contribution in [3.63, 3.8) is 0 Å². The molecule has 0 aliphatic heterocycles. The fourth-order valence-corrected chi connectivity index (χ4v) is 0.223. The van der Waals surface area contributed by atoms with Crippen LogP contribution in [0.4, 0.5) is 0 Å². The van der Waals surface area contributed by atoms with Crippen LogP contribution in [0.25, 0.3) is 0 Å². The SMILES string of the molecule is C.C.CCN(C)C.CCN(C)C(C)=O.CNC(C)=O. The maximum absolute atomic E-state index is 10.3. The molecule has 1 N–H and O–H groups in total. The molecule has 0 heterocycles. The Kier molecular flexibility index (Phi) is 35.8. The minimum absolute atomic E-state index is 0. The Morgan fingerprint density at radius 3 is 1.21 bits per heavy atom. The van der Waals surface area contributed by atoms with Crippen LogP contribution < -0.4 is 5.32 Å². The molecular formula is C14H37N3O2. The van der Waals surface area contributed by atoms with Crippen molar-refractivity contribution in [1.29, 1.82) is 0 Å². The summed E-state index contributed by atoms with van der Waals surface area (Å²) >= 11 is 0. The average molecular weight is 279 g/mol. The first kappa shape index (κ1) is 30.7. The third kappa shape index (κ3) is 47.4. The molecule has 0 spiro atoms. The van der Waals surface area contributed by atoms with Crippen molar-refractivity contribution in [2.45, 2.75) is 42.5 Å². The van der Waals surface area contributed by atoms with Gasteiger partial charge >= 0.3 is 0 Å². The molecule has 0 aromatic heterocycles. The van der Waals surface area contributed by atoms with E-state index in [0.717, 1.165) is 13.1 Å². The summed E-state index contributed by atoms with van der Waals surface area (Å²) in [5, 5.41) is 2.39. The zero-order chi connectivity index (χ0) is 14.4. The highest BCUT2D eigenvalue weighted by atomic mass is 16.2. The van der Waals surface area contributed by atoms with Gasteiger partial charge in [-0.05, 0) is 27.6 Å². The Morgan fingerprint density at radius 2 is 1.21 bits per heavy atom. The summed E-state index contributed by atoms with van der Waals surface area (Å²) < 4.78 is 0. The van der Waals surface area contributed by atoms with E-state index in [0.29, 0.717) is 0 Å². The second kappa shape index (κ2) is 22.1. The van der Waals surface area contributed by atoms with E-state index < -0.39 is 0 Å². The summed E-state index contributed by atoms with van der Waals surface area (Å²) in [5.74, 6) is 0.132. The van der Waals surface area contributed by atoms with E-state index in [1.54, 1.807) is 25.9 Å². The summed E-state index contributed by atoms with van der Waals surface area (Å²) in [5.41, 5.74) is 0. The molecule has 0 bridgehead atoms. The number of nitrogens with zero attached hydrogens (tertiary/aromatic N) is 2. The molecule has 0 aliphatic carbocycles. The van der Waals surface area contributed by atoms with Crippen molar-refractivity contribution >= 4 is 11.8 Å². The number of hydrogen-bond donors (Lipinski definition) is 1. The standard InChI is InChI=1S/C5H11NO.C4H11N.C3H7NO.2CH4/c1-4-6(3)5(2)7;1-4-5(2)3;1-3(5)4-2;;/h4H2,1-3H3;4H2,1-3H3;1-2H3,(H,4,5);2*1H4. The van der Waals surface area contributed by atoms with Crippen LogP contribution in [-0.2, 0) is 9.59 Å². The summed E-state index contributed by atoms with van der Waals surface area (Å²) in [6, 6.07) is 0. The molecule has 0 atom stereocenters. The number of nitrogens with one attached hydrogen (secondary N) is 1. The predicted octanol–water partition coefficient (Wildman–Crippen LogP) is 2.08. The Bertz CT molecular complexity index is 195. The van der Waals surface area contributed by atoms with Crippen LogP contribution in [0.5, 0.6) is 0 Å².